The summed E-state index contributed by atoms with van der Waals surface area (Å²) in [4.78, 5) is 6.82. The van der Waals surface area contributed by atoms with E-state index in [1.165, 1.54) is 5.56 Å². The molecule has 1 aromatic rings. The Morgan fingerprint density at radius 3 is 2.53 bits per heavy atom. The van der Waals surface area contributed by atoms with Gasteiger partial charge in [-0.25, -0.2) is 0 Å². The maximum atomic E-state index is 4.63. The zero-order valence-corrected chi connectivity index (χ0v) is 11.1. The maximum Gasteiger partial charge on any atom is 0.128 e. The third kappa shape index (κ3) is 5.50. The van der Waals surface area contributed by atoms with Gasteiger partial charge in [0.2, 0.25) is 0 Å². The summed E-state index contributed by atoms with van der Waals surface area (Å²) in [5.41, 5.74) is 1.17. The van der Waals surface area contributed by atoms with E-state index in [0.29, 0.717) is 0 Å². The maximum absolute atomic E-state index is 4.63. The van der Waals surface area contributed by atoms with Crippen molar-refractivity contribution in [3.8, 4) is 0 Å². The van der Waals surface area contributed by atoms with Crippen molar-refractivity contribution in [3.63, 3.8) is 0 Å². The first-order valence-electron chi connectivity index (χ1n) is 6.22. The summed E-state index contributed by atoms with van der Waals surface area (Å²) in [6.07, 6.45) is 1.09. The van der Waals surface area contributed by atoms with Crippen LogP contribution in [0.2, 0.25) is 0 Å². The van der Waals surface area contributed by atoms with Crippen LogP contribution in [0.25, 0.3) is 0 Å². The highest BCUT2D eigenvalue weighted by Gasteiger charge is 2.00. The fourth-order valence-electron chi connectivity index (χ4n) is 1.59. The largest absolute Gasteiger partial charge is 0.370 e. The number of hydrogen-bond acceptors (Lipinski definition) is 2. The van der Waals surface area contributed by atoms with Crippen LogP contribution in [0, 0.1) is 0 Å². The van der Waals surface area contributed by atoms with E-state index in [0.717, 1.165) is 31.9 Å². The highest BCUT2D eigenvalue weighted by molar-refractivity contribution is 5.98. The topological polar surface area (TPSA) is 27.6 Å². The van der Waals surface area contributed by atoms with Crippen LogP contribution in [-0.2, 0) is 0 Å². The second kappa shape index (κ2) is 7.85. The minimum atomic E-state index is 0.870. The Hall–Kier alpha value is -1.35. The molecule has 1 aromatic carbocycles. The molecule has 0 aliphatic heterocycles. The molecule has 0 unspecified atom stereocenters. The van der Waals surface area contributed by atoms with Crippen molar-refractivity contribution in [3.05, 3.63) is 35.9 Å². The fraction of sp³-hybridized carbons (Fsp3) is 0.500. The monoisotopic (exact) mass is 233 g/mol. The first kappa shape index (κ1) is 13.7. The van der Waals surface area contributed by atoms with Gasteiger partial charge in [-0.15, -0.1) is 0 Å². The van der Waals surface area contributed by atoms with Crippen LogP contribution in [0.3, 0.4) is 0 Å². The third-order valence-corrected chi connectivity index (χ3v) is 2.42. The molecule has 1 N–H and O–H groups in total. The van der Waals surface area contributed by atoms with Crippen molar-refractivity contribution in [1.29, 1.82) is 0 Å². The van der Waals surface area contributed by atoms with Crippen LogP contribution in [-0.4, -0.2) is 44.5 Å². The molecule has 0 aromatic heterocycles. The van der Waals surface area contributed by atoms with Crippen molar-refractivity contribution < 1.29 is 0 Å². The molecule has 0 aliphatic carbocycles. The minimum absolute atomic E-state index is 0.870. The average molecular weight is 233 g/mol. The van der Waals surface area contributed by atoms with Gasteiger partial charge in [0.15, 0.2) is 0 Å². The van der Waals surface area contributed by atoms with Gasteiger partial charge >= 0.3 is 0 Å². The Kier molecular flexibility index (Phi) is 6.33. The lowest BCUT2D eigenvalue weighted by Gasteiger charge is -2.10. The molecule has 94 valence electrons. The van der Waals surface area contributed by atoms with Crippen molar-refractivity contribution in [1.82, 2.24) is 10.2 Å². The van der Waals surface area contributed by atoms with Gasteiger partial charge in [-0.1, -0.05) is 30.3 Å². The molecule has 1 rings (SSSR count). The predicted molar refractivity (Wildman–Crippen MR) is 74.7 cm³/mol. The Morgan fingerprint density at radius 2 is 1.94 bits per heavy atom. The number of nitrogens with zero attached hydrogens (tertiary/aromatic N) is 2. The summed E-state index contributed by atoms with van der Waals surface area (Å²) in [5.74, 6) is 1.01. The summed E-state index contributed by atoms with van der Waals surface area (Å²) in [6.45, 7) is 4.95. The number of hydrogen-bond donors (Lipinski definition) is 1. The summed E-state index contributed by atoms with van der Waals surface area (Å²) in [5, 5.41) is 3.32. The standard InChI is InChI=1S/C14H23N3/c1-4-15-14(13-9-6-5-7-10-13)16-11-8-12-17(2)3/h5-7,9-10H,4,8,11-12H2,1-3H3,(H,15,16). The molecule has 0 bridgehead atoms. The number of amidine groups is 1. The molecule has 0 spiro atoms. The number of rotatable bonds is 6. The Balaban J connectivity index is 2.56. The zero-order chi connectivity index (χ0) is 12.5. The van der Waals surface area contributed by atoms with Crippen LogP contribution in [0.1, 0.15) is 18.9 Å². The third-order valence-electron chi connectivity index (χ3n) is 2.42. The molecule has 17 heavy (non-hydrogen) atoms. The van der Waals surface area contributed by atoms with E-state index in [9.17, 15) is 0 Å². The van der Waals surface area contributed by atoms with E-state index in [2.05, 4.69) is 48.4 Å². The molecule has 0 aliphatic rings. The van der Waals surface area contributed by atoms with E-state index in [1.54, 1.807) is 0 Å². The molecule has 0 atom stereocenters. The Bertz CT molecular complexity index is 331. The van der Waals surface area contributed by atoms with Crippen molar-refractivity contribution in [2.75, 3.05) is 33.7 Å². The lowest BCUT2D eigenvalue weighted by Crippen LogP contribution is -2.24. The van der Waals surface area contributed by atoms with E-state index < -0.39 is 0 Å². The van der Waals surface area contributed by atoms with Crippen molar-refractivity contribution in [2.45, 2.75) is 13.3 Å². The van der Waals surface area contributed by atoms with E-state index in [-0.39, 0.29) is 0 Å². The normalized spacial score (nSPS) is 11.9. The first-order chi connectivity index (χ1) is 8.24. The van der Waals surface area contributed by atoms with Gasteiger partial charge in [0, 0.05) is 18.7 Å². The Labute approximate surface area is 105 Å². The first-order valence-corrected chi connectivity index (χ1v) is 6.22. The quantitative estimate of drug-likeness (QED) is 0.462. The van der Waals surface area contributed by atoms with Crippen molar-refractivity contribution in [2.24, 2.45) is 4.99 Å². The van der Waals surface area contributed by atoms with E-state index in [1.807, 2.05) is 18.2 Å². The fourth-order valence-corrected chi connectivity index (χ4v) is 1.59. The predicted octanol–water partition coefficient (Wildman–Crippen LogP) is 1.99. The van der Waals surface area contributed by atoms with E-state index >= 15 is 0 Å². The molecular formula is C14H23N3. The smallest absolute Gasteiger partial charge is 0.128 e. The average Bonchev–Trinajstić information content (AvgIpc) is 2.34. The van der Waals surface area contributed by atoms with Crippen molar-refractivity contribution >= 4 is 5.84 Å². The molecule has 0 saturated carbocycles. The number of benzene rings is 1. The minimum Gasteiger partial charge on any atom is -0.370 e. The van der Waals surface area contributed by atoms with E-state index in [4.69, 9.17) is 0 Å². The van der Waals surface area contributed by atoms with Gasteiger partial charge in [-0.3, -0.25) is 4.99 Å². The van der Waals surface area contributed by atoms with Crippen LogP contribution >= 0.6 is 0 Å². The van der Waals surface area contributed by atoms with Crippen LogP contribution in [0.5, 0.6) is 0 Å². The molecular weight excluding hydrogens is 210 g/mol. The molecule has 0 saturated heterocycles. The van der Waals surface area contributed by atoms with Gasteiger partial charge in [-0.2, -0.15) is 0 Å². The zero-order valence-electron chi connectivity index (χ0n) is 11.1. The van der Waals surface area contributed by atoms with Crippen LogP contribution in [0.4, 0.5) is 0 Å². The van der Waals surface area contributed by atoms with Gasteiger partial charge in [0.1, 0.15) is 5.84 Å². The molecule has 0 fully saturated rings. The van der Waals surface area contributed by atoms with Gasteiger partial charge in [-0.05, 0) is 34.0 Å². The summed E-state index contributed by atoms with van der Waals surface area (Å²) in [6, 6.07) is 10.3. The number of aliphatic imine (C=N–C) groups is 1. The molecule has 0 heterocycles. The molecule has 0 radical (unpaired) electrons. The molecule has 3 nitrogen and oxygen atoms in total. The lowest BCUT2D eigenvalue weighted by atomic mass is 10.2. The summed E-state index contributed by atoms with van der Waals surface area (Å²) in [7, 11) is 4.18. The van der Waals surface area contributed by atoms with Crippen LogP contribution < -0.4 is 5.32 Å². The van der Waals surface area contributed by atoms with Gasteiger partial charge < -0.3 is 10.2 Å². The lowest BCUT2D eigenvalue weighted by molar-refractivity contribution is 0.403. The highest BCUT2D eigenvalue weighted by atomic mass is 15.1. The number of nitrogens with one attached hydrogen (secondary N) is 1. The summed E-state index contributed by atoms with van der Waals surface area (Å²) < 4.78 is 0. The molecule has 3 heteroatoms. The molecule has 0 amide bonds. The summed E-state index contributed by atoms with van der Waals surface area (Å²) >= 11 is 0. The second-order valence-corrected chi connectivity index (χ2v) is 4.28. The van der Waals surface area contributed by atoms with Crippen LogP contribution in [0.15, 0.2) is 35.3 Å². The second-order valence-electron chi connectivity index (χ2n) is 4.28. The SMILES string of the molecule is CCNC(=NCCCN(C)C)c1ccccc1. The highest BCUT2D eigenvalue weighted by Crippen LogP contribution is 2.00. The Morgan fingerprint density at radius 1 is 1.24 bits per heavy atom. The van der Waals surface area contributed by atoms with Gasteiger partial charge in [0.25, 0.3) is 0 Å². The van der Waals surface area contributed by atoms with Gasteiger partial charge in [0.05, 0.1) is 0 Å².